The highest BCUT2D eigenvalue weighted by Gasteiger charge is 2.10. The summed E-state index contributed by atoms with van der Waals surface area (Å²) < 4.78 is 5.31. The molecule has 0 aromatic heterocycles. The zero-order chi connectivity index (χ0) is 12.9. The Labute approximate surface area is 106 Å². The van der Waals surface area contributed by atoms with E-state index < -0.39 is 0 Å². The molecule has 0 aliphatic carbocycles. The van der Waals surface area contributed by atoms with Gasteiger partial charge in [0, 0.05) is 6.92 Å². The van der Waals surface area contributed by atoms with Crippen LogP contribution in [0.1, 0.15) is 58.8 Å². The Bertz CT molecular complexity index is 231. The smallest absolute Gasteiger partial charge is 0.302 e. The summed E-state index contributed by atoms with van der Waals surface area (Å²) in [5.74, 6) is -0.168. The Balaban J connectivity index is 3.83. The van der Waals surface area contributed by atoms with Crippen molar-refractivity contribution in [2.75, 3.05) is 0 Å². The first-order chi connectivity index (χ1) is 8.20. The lowest BCUT2D eigenvalue weighted by Gasteiger charge is -2.16. The number of carbonyl (C=O) groups excluding carboxylic acids is 1. The lowest BCUT2D eigenvalue weighted by Crippen LogP contribution is -2.16. The molecule has 0 amide bonds. The van der Waals surface area contributed by atoms with Gasteiger partial charge < -0.3 is 4.74 Å². The molecule has 0 saturated carbocycles. The molecule has 1 atom stereocenters. The van der Waals surface area contributed by atoms with Crippen LogP contribution in [0.25, 0.3) is 0 Å². The molecule has 98 valence electrons. The van der Waals surface area contributed by atoms with Crippen LogP contribution in [0.5, 0.6) is 0 Å². The molecular formula is C15H26O2. The second-order valence-electron chi connectivity index (χ2n) is 4.32. The molecule has 0 saturated heterocycles. The second-order valence-corrected chi connectivity index (χ2v) is 4.32. The van der Waals surface area contributed by atoms with Crippen LogP contribution >= 0.6 is 0 Å². The first kappa shape index (κ1) is 16.0. The van der Waals surface area contributed by atoms with E-state index in [2.05, 4.69) is 19.6 Å². The van der Waals surface area contributed by atoms with Crippen molar-refractivity contribution in [2.24, 2.45) is 0 Å². The molecule has 2 nitrogen and oxygen atoms in total. The van der Waals surface area contributed by atoms with E-state index >= 15 is 0 Å². The van der Waals surface area contributed by atoms with Gasteiger partial charge in [-0.05, 0) is 25.7 Å². The fourth-order valence-electron chi connectivity index (χ4n) is 1.77. The minimum atomic E-state index is -0.168. The largest absolute Gasteiger partial charge is 0.463 e. The highest BCUT2D eigenvalue weighted by atomic mass is 16.5. The zero-order valence-electron chi connectivity index (χ0n) is 11.3. The van der Waals surface area contributed by atoms with Crippen molar-refractivity contribution < 1.29 is 9.53 Å². The Morgan fingerprint density at radius 1 is 1.29 bits per heavy atom. The fraction of sp³-hybridized carbons (Fsp3) is 0.667. The molecule has 0 N–H and O–H groups in total. The summed E-state index contributed by atoms with van der Waals surface area (Å²) in [6.07, 6.45) is 13.6. The third-order valence-electron chi connectivity index (χ3n) is 2.64. The Morgan fingerprint density at radius 3 is 2.65 bits per heavy atom. The lowest BCUT2D eigenvalue weighted by atomic mass is 10.1. The molecule has 0 radical (unpaired) electrons. The summed E-state index contributed by atoms with van der Waals surface area (Å²) in [5.41, 5.74) is 0. The SMILES string of the molecule is C=C/C=C\CCC(CCCCCC)OC(C)=O. The van der Waals surface area contributed by atoms with E-state index in [9.17, 15) is 4.79 Å². The van der Waals surface area contributed by atoms with Crippen molar-refractivity contribution in [2.45, 2.75) is 64.9 Å². The number of hydrogen-bond donors (Lipinski definition) is 0. The van der Waals surface area contributed by atoms with Gasteiger partial charge in [0.05, 0.1) is 0 Å². The molecule has 0 aromatic carbocycles. The van der Waals surface area contributed by atoms with Gasteiger partial charge in [0.1, 0.15) is 6.10 Å². The van der Waals surface area contributed by atoms with E-state index in [0.717, 1.165) is 25.7 Å². The van der Waals surface area contributed by atoms with Crippen LogP contribution in [0, 0.1) is 0 Å². The van der Waals surface area contributed by atoms with Crippen molar-refractivity contribution >= 4 is 5.97 Å². The normalized spacial score (nSPS) is 12.6. The number of rotatable bonds is 10. The first-order valence-corrected chi connectivity index (χ1v) is 6.65. The number of carbonyl (C=O) groups is 1. The molecule has 17 heavy (non-hydrogen) atoms. The third-order valence-corrected chi connectivity index (χ3v) is 2.64. The predicted octanol–water partition coefficient (Wildman–Crippen LogP) is 4.41. The Kier molecular flexibility index (Phi) is 10.7. The van der Waals surface area contributed by atoms with Gasteiger partial charge in [-0.3, -0.25) is 4.79 Å². The maximum absolute atomic E-state index is 11.0. The van der Waals surface area contributed by atoms with E-state index in [-0.39, 0.29) is 12.1 Å². The monoisotopic (exact) mass is 238 g/mol. The summed E-state index contributed by atoms with van der Waals surface area (Å²) >= 11 is 0. The molecule has 0 rings (SSSR count). The number of ether oxygens (including phenoxy) is 1. The zero-order valence-corrected chi connectivity index (χ0v) is 11.3. The maximum Gasteiger partial charge on any atom is 0.302 e. The molecule has 0 bridgehead atoms. The van der Waals surface area contributed by atoms with Gasteiger partial charge in [0.2, 0.25) is 0 Å². The van der Waals surface area contributed by atoms with Gasteiger partial charge in [0.25, 0.3) is 0 Å². The van der Waals surface area contributed by atoms with Crippen LogP contribution in [-0.4, -0.2) is 12.1 Å². The molecule has 0 heterocycles. The van der Waals surface area contributed by atoms with Gasteiger partial charge in [-0.2, -0.15) is 0 Å². The molecule has 0 spiro atoms. The molecule has 1 unspecified atom stereocenters. The number of unbranched alkanes of at least 4 members (excludes halogenated alkanes) is 3. The predicted molar refractivity (Wildman–Crippen MR) is 72.9 cm³/mol. The Morgan fingerprint density at radius 2 is 2.06 bits per heavy atom. The minimum absolute atomic E-state index is 0.0822. The third kappa shape index (κ3) is 11.2. The fourth-order valence-corrected chi connectivity index (χ4v) is 1.77. The van der Waals surface area contributed by atoms with E-state index in [1.165, 1.54) is 26.2 Å². The van der Waals surface area contributed by atoms with Crippen molar-refractivity contribution in [1.82, 2.24) is 0 Å². The summed E-state index contributed by atoms with van der Waals surface area (Å²) in [7, 11) is 0. The summed E-state index contributed by atoms with van der Waals surface area (Å²) in [6.45, 7) is 7.31. The molecule has 0 aliphatic rings. The van der Waals surface area contributed by atoms with Crippen molar-refractivity contribution in [3.8, 4) is 0 Å². The average Bonchev–Trinajstić information content (AvgIpc) is 2.29. The number of hydrogen-bond acceptors (Lipinski definition) is 2. The standard InChI is InChI=1S/C15H26O2/c1-4-6-8-10-12-15(17-14(3)16)13-11-9-7-5-2/h4,6,8,15H,1,5,7,9-13H2,2-3H3/b8-6-. The molecule has 0 fully saturated rings. The van der Waals surface area contributed by atoms with Crippen LogP contribution in [0.3, 0.4) is 0 Å². The van der Waals surface area contributed by atoms with Crippen molar-refractivity contribution in [1.29, 1.82) is 0 Å². The van der Waals surface area contributed by atoms with Crippen LogP contribution < -0.4 is 0 Å². The van der Waals surface area contributed by atoms with Gasteiger partial charge in [-0.1, -0.05) is 51.0 Å². The summed E-state index contributed by atoms with van der Waals surface area (Å²) in [6, 6.07) is 0. The highest BCUT2D eigenvalue weighted by Crippen LogP contribution is 2.13. The summed E-state index contributed by atoms with van der Waals surface area (Å²) in [4.78, 5) is 11.0. The van der Waals surface area contributed by atoms with E-state index in [1.54, 1.807) is 6.08 Å². The van der Waals surface area contributed by atoms with Crippen molar-refractivity contribution in [3.05, 3.63) is 24.8 Å². The van der Waals surface area contributed by atoms with Gasteiger partial charge >= 0.3 is 5.97 Å². The molecule has 2 heteroatoms. The van der Waals surface area contributed by atoms with Crippen LogP contribution in [0.15, 0.2) is 24.8 Å². The topological polar surface area (TPSA) is 26.3 Å². The molecular weight excluding hydrogens is 212 g/mol. The maximum atomic E-state index is 11.0. The van der Waals surface area contributed by atoms with E-state index in [1.807, 2.05) is 6.08 Å². The first-order valence-electron chi connectivity index (χ1n) is 6.65. The van der Waals surface area contributed by atoms with Crippen molar-refractivity contribution in [3.63, 3.8) is 0 Å². The summed E-state index contributed by atoms with van der Waals surface area (Å²) in [5, 5.41) is 0. The second kappa shape index (κ2) is 11.4. The highest BCUT2D eigenvalue weighted by molar-refractivity contribution is 5.66. The quantitative estimate of drug-likeness (QED) is 0.320. The van der Waals surface area contributed by atoms with Crippen LogP contribution in [0.2, 0.25) is 0 Å². The van der Waals surface area contributed by atoms with Crippen LogP contribution in [0.4, 0.5) is 0 Å². The van der Waals surface area contributed by atoms with Gasteiger partial charge in [-0.25, -0.2) is 0 Å². The molecule has 0 aromatic rings. The number of allylic oxidation sites excluding steroid dienone is 3. The van der Waals surface area contributed by atoms with E-state index in [0.29, 0.717) is 0 Å². The van der Waals surface area contributed by atoms with Crippen LogP contribution in [-0.2, 0) is 9.53 Å². The lowest BCUT2D eigenvalue weighted by molar-refractivity contribution is -0.146. The Hall–Kier alpha value is -1.05. The van der Waals surface area contributed by atoms with E-state index in [4.69, 9.17) is 4.74 Å². The van der Waals surface area contributed by atoms with Gasteiger partial charge in [-0.15, -0.1) is 0 Å². The van der Waals surface area contributed by atoms with Gasteiger partial charge in [0.15, 0.2) is 0 Å². The minimum Gasteiger partial charge on any atom is -0.463 e. The molecule has 0 aliphatic heterocycles. The number of esters is 1. The average molecular weight is 238 g/mol.